The van der Waals surface area contributed by atoms with E-state index in [1.54, 1.807) is 6.07 Å². The molecule has 0 aliphatic heterocycles. The van der Waals surface area contributed by atoms with Gasteiger partial charge >= 0.3 is 0 Å². The third-order valence-electron chi connectivity index (χ3n) is 2.78. The van der Waals surface area contributed by atoms with E-state index in [-0.39, 0.29) is 11.5 Å². The van der Waals surface area contributed by atoms with Crippen LogP contribution in [0.25, 0.3) is 0 Å². The van der Waals surface area contributed by atoms with Crippen molar-refractivity contribution in [2.45, 2.75) is 6.92 Å². The van der Waals surface area contributed by atoms with E-state index in [0.29, 0.717) is 11.3 Å². The molecular formula is C14H12BrN3O2. The number of benzene rings is 1. The van der Waals surface area contributed by atoms with Crippen LogP contribution in [0.3, 0.4) is 0 Å². The molecule has 0 atom stereocenters. The van der Waals surface area contributed by atoms with Gasteiger partial charge in [0, 0.05) is 16.2 Å². The molecule has 0 aliphatic rings. The van der Waals surface area contributed by atoms with Crippen molar-refractivity contribution in [1.82, 2.24) is 4.98 Å². The summed E-state index contributed by atoms with van der Waals surface area (Å²) in [6, 6.07) is 6.86. The fraction of sp³-hybridized carbons (Fsp3) is 0.0714. The summed E-state index contributed by atoms with van der Waals surface area (Å²) in [6.45, 7) is 1.83. The second-order valence-electron chi connectivity index (χ2n) is 4.20. The minimum atomic E-state index is -0.617. The Hall–Kier alpha value is -2.21. The molecule has 0 fully saturated rings. The number of nitrogens with one attached hydrogen (secondary N) is 1. The van der Waals surface area contributed by atoms with Crippen molar-refractivity contribution in [3.8, 4) is 0 Å². The fourth-order valence-corrected chi connectivity index (χ4v) is 2.10. The molecule has 0 unspecified atom stereocenters. The third-order valence-corrected chi connectivity index (χ3v) is 3.27. The van der Waals surface area contributed by atoms with Gasteiger partial charge in [0.15, 0.2) is 0 Å². The lowest BCUT2D eigenvalue weighted by Crippen LogP contribution is -2.19. The van der Waals surface area contributed by atoms with Crippen LogP contribution in [0.2, 0.25) is 0 Å². The van der Waals surface area contributed by atoms with Crippen molar-refractivity contribution in [2.75, 3.05) is 5.32 Å². The zero-order valence-electron chi connectivity index (χ0n) is 10.7. The van der Waals surface area contributed by atoms with E-state index in [4.69, 9.17) is 5.73 Å². The Morgan fingerprint density at radius 3 is 2.70 bits per heavy atom. The smallest absolute Gasteiger partial charge is 0.256 e. The van der Waals surface area contributed by atoms with E-state index >= 15 is 0 Å². The monoisotopic (exact) mass is 333 g/mol. The van der Waals surface area contributed by atoms with Crippen LogP contribution in [0.5, 0.6) is 0 Å². The largest absolute Gasteiger partial charge is 0.366 e. The number of hydrogen-bond acceptors (Lipinski definition) is 3. The summed E-state index contributed by atoms with van der Waals surface area (Å²) in [5.74, 6) is -0.937. The first-order valence-corrected chi connectivity index (χ1v) is 6.59. The van der Waals surface area contributed by atoms with E-state index in [0.717, 1.165) is 10.0 Å². The Labute approximate surface area is 124 Å². The Bertz CT molecular complexity index is 686. The van der Waals surface area contributed by atoms with E-state index in [1.807, 2.05) is 19.1 Å². The summed E-state index contributed by atoms with van der Waals surface area (Å²) in [5, 5.41) is 2.65. The number of nitrogens with zero attached hydrogens (tertiary/aromatic N) is 1. The van der Waals surface area contributed by atoms with Crippen LogP contribution in [0.15, 0.2) is 41.1 Å². The minimum Gasteiger partial charge on any atom is -0.366 e. The molecule has 0 spiro atoms. The summed E-state index contributed by atoms with van der Waals surface area (Å²) in [7, 11) is 0. The summed E-state index contributed by atoms with van der Waals surface area (Å²) in [4.78, 5) is 27.4. The number of nitrogens with two attached hydrogens (primary N) is 1. The summed E-state index contributed by atoms with van der Waals surface area (Å²) in [6.07, 6.45) is 2.84. The Kier molecular flexibility index (Phi) is 4.14. The first-order valence-electron chi connectivity index (χ1n) is 5.80. The van der Waals surface area contributed by atoms with Crippen LogP contribution in [-0.4, -0.2) is 16.8 Å². The maximum atomic E-state index is 12.3. The number of aryl methyl sites for hydroxylation is 1. The van der Waals surface area contributed by atoms with Crippen molar-refractivity contribution in [3.05, 3.63) is 57.8 Å². The van der Waals surface area contributed by atoms with Gasteiger partial charge in [0.1, 0.15) is 0 Å². The van der Waals surface area contributed by atoms with Crippen molar-refractivity contribution in [2.24, 2.45) is 5.73 Å². The van der Waals surface area contributed by atoms with Crippen LogP contribution in [0.1, 0.15) is 26.3 Å². The Balaban J connectivity index is 2.33. The average Bonchev–Trinajstić information content (AvgIpc) is 2.41. The number of anilines is 1. The number of primary amides is 1. The van der Waals surface area contributed by atoms with Gasteiger partial charge < -0.3 is 11.1 Å². The summed E-state index contributed by atoms with van der Waals surface area (Å²) >= 11 is 3.32. The van der Waals surface area contributed by atoms with Crippen LogP contribution in [0, 0.1) is 6.92 Å². The number of hydrogen-bond donors (Lipinski definition) is 2. The second-order valence-corrected chi connectivity index (χ2v) is 5.11. The highest BCUT2D eigenvalue weighted by atomic mass is 79.9. The van der Waals surface area contributed by atoms with E-state index < -0.39 is 5.91 Å². The molecule has 0 saturated heterocycles. The molecule has 1 heterocycles. The molecule has 6 heteroatoms. The molecule has 1 aromatic carbocycles. The van der Waals surface area contributed by atoms with Gasteiger partial charge in [-0.1, -0.05) is 22.0 Å². The molecule has 0 bridgehead atoms. The maximum Gasteiger partial charge on any atom is 0.256 e. The molecule has 0 radical (unpaired) electrons. The van der Waals surface area contributed by atoms with E-state index in [1.165, 1.54) is 18.5 Å². The van der Waals surface area contributed by atoms with E-state index in [2.05, 4.69) is 26.2 Å². The molecular weight excluding hydrogens is 322 g/mol. The summed E-state index contributed by atoms with van der Waals surface area (Å²) in [5.41, 5.74) is 7.12. The van der Waals surface area contributed by atoms with Crippen molar-refractivity contribution >= 4 is 33.4 Å². The molecule has 102 valence electrons. The number of rotatable bonds is 3. The highest BCUT2D eigenvalue weighted by molar-refractivity contribution is 9.10. The molecule has 2 aromatic rings. The zero-order valence-corrected chi connectivity index (χ0v) is 12.3. The molecule has 0 aliphatic carbocycles. The predicted octanol–water partition coefficient (Wildman–Crippen LogP) is 2.50. The molecule has 3 N–H and O–H groups in total. The zero-order chi connectivity index (χ0) is 14.7. The average molecular weight is 334 g/mol. The number of pyridine rings is 1. The van der Waals surface area contributed by atoms with Gasteiger partial charge in [0.25, 0.3) is 11.8 Å². The molecule has 5 nitrogen and oxygen atoms in total. The predicted molar refractivity (Wildman–Crippen MR) is 79.6 cm³/mol. The normalized spacial score (nSPS) is 10.1. The fourth-order valence-electron chi connectivity index (χ4n) is 1.74. The molecule has 0 saturated carbocycles. The van der Waals surface area contributed by atoms with Crippen molar-refractivity contribution in [3.63, 3.8) is 0 Å². The highest BCUT2D eigenvalue weighted by Crippen LogP contribution is 2.19. The molecule has 2 rings (SSSR count). The SMILES string of the molecule is Cc1ccc(Br)cc1C(=O)Nc1cnccc1C(N)=O. The number of amides is 2. The Morgan fingerprint density at radius 2 is 2.00 bits per heavy atom. The maximum absolute atomic E-state index is 12.3. The third kappa shape index (κ3) is 3.03. The van der Waals surface area contributed by atoms with Crippen molar-refractivity contribution < 1.29 is 9.59 Å². The van der Waals surface area contributed by atoms with Gasteiger partial charge in [-0.2, -0.15) is 0 Å². The molecule has 20 heavy (non-hydrogen) atoms. The quantitative estimate of drug-likeness (QED) is 0.904. The number of halogens is 1. The lowest BCUT2D eigenvalue weighted by atomic mass is 10.1. The van der Waals surface area contributed by atoms with Crippen LogP contribution >= 0.6 is 15.9 Å². The minimum absolute atomic E-state index is 0.223. The lowest BCUT2D eigenvalue weighted by Gasteiger charge is -2.10. The molecule has 1 aromatic heterocycles. The van der Waals surface area contributed by atoms with Crippen molar-refractivity contribution in [1.29, 1.82) is 0 Å². The van der Waals surface area contributed by atoms with Crippen LogP contribution in [-0.2, 0) is 0 Å². The van der Waals surface area contributed by atoms with Gasteiger partial charge in [-0.05, 0) is 30.7 Å². The Morgan fingerprint density at radius 1 is 1.25 bits per heavy atom. The van der Waals surface area contributed by atoms with E-state index in [9.17, 15) is 9.59 Å². The van der Waals surface area contributed by atoms with Gasteiger partial charge in [-0.25, -0.2) is 0 Å². The highest BCUT2D eigenvalue weighted by Gasteiger charge is 2.14. The van der Waals surface area contributed by atoms with Gasteiger partial charge in [-0.15, -0.1) is 0 Å². The van der Waals surface area contributed by atoms with Gasteiger partial charge in [-0.3, -0.25) is 14.6 Å². The van der Waals surface area contributed by atoms with Crippen LogP contribution < -0.4 is 11.1 Å². The van der Waals surface area contributed by atoms with Crippen LogP contribution in [0.4, 0.5) is 5.69 Å². The number of carbonyl (C=O) groups excluding carboxylic acids is 2. The number of aromatic nitrogens is 1. The summed E-state index contributed by atoms with van der Waals surface area (Å²) < 4.78 is 0.801. The number of carbonyl (C=O) groups is 2. The van der Waals surface area contributed by atoms with Gasteiger partial charge in [0.05, 0.1) is 17.4 Å². The van der Waals surface area contributed by atoms with Gasteiger partial charge in [0.2, 0.25) is 0 Å². The second kappa shape index (κ2) is 5.83. The topological polar surface area (TPSA) is 85.1 Å². The first kappa shape index (κ1) is 14.2. The lowest BCUT2D eigenvalue weighted by molar-refractivity contribution is 0.100. The molecule has 2 amide bonds. The first-order chi connectivity index (χ1) is 9.49. The standard InChI is InChI=1S/C14H12BrN3O2/c1-8-2-3-9(15)6-11(8)14(20)18-12-7-17-5-4-10(12)13(16)19/h2-7H,1H3,(H2,16,19)(H,18,20).